The fourth-order valence-electron chi connectivity index (χ4n) is 7.82. The second-order valence-corrected chi connectivity index (χ2v) is 12.5. The number of hydrogen-bond donors (Lipinski definition) is 0. The number of aromatic nitrogens is 2. The van der Waals surface area contributed by atoms with E-state index < -0.39 is 0 Å². The highest BCUT2D eigenvalue weighted by Gasteiger charge is 2.22. The van der Waals surface area contributed by atoms with E-state index in [1.807, 2.05) is 0 Å². The third-order valence-electron chi connectivity index (χ3n) is 9.91. The summed E-state index contributed by atoms with van der Waals surface area (Å²) in [5, 5.41) is 7.55. The largest absolute Gasteiger partial charge is 0.309 e. The molecule has 0 saturated carbocycles. The normalized spacial score (nSPS) is 11.8. The summed E-state index contributed by atoms with van der Waals surface area (Å²) in [6, 6.07) is 66.1. The molecule has 0 saturated heterocycles. The summed E-state index contributed by atoms with van der Waals surface area (Å²) in [6.45, 7) is 0. The molecule has 0 amide bonds. The van der Waals surface area contributed by atoms with Crippen LogP contribution in [0.3, 0.4) is 0 Å². The van der Waals surface area contributed by atoms with Crippen LogP contribution >= 0.6 is 0 Å². The summed E-state index contributed by atoms with van der Waals surface area (Å²) in [5.74, 6) is 0. The summed E-state index contributed by atoms with van der Waals surface area (Å²) in [5.41, 5.74) is 12.1. The molecule has 0 radical (unpaired) electrons. The molecule has 2 aromatic heterocycles. The Morgan fingerprint density at radius 3 is 1.62 bits per heavy atom. The third kappa shape index (κ3) is 3.93. The maximum absolute atomic E-state index is 2.48. The van der Waals surface area contributed by atoms with Crippen LogP contribution in [0.1, 0.15) is 0 Å². The minimum absolute atomic E-state index is 1.15. The number of nitrogens with zero attached hydrogens (tertiary/aromatic N) is 2. The maximum Gasteiger partial charge on any atom is 0.0641 e. The summed E-state index contributed by atoms with van der Waals surface area (Å²) < 4.78 is 4.93. The molecule has 2 heteroatoms. The minimum Gasteiger partial charge on any atom is -0.309 e. The van der Waals surface area contributed by atoms with Crippen LogP contribution in [0.4, 0.5) is 0 Å². The Morgan fingerprint density at radius 1 is 0.292 bits per heavy atom. The van der Waals surface area contributed by atoms with Crippen LogP contribution in [0.2, 0.25) is 0 Å². The molecular weight excluding hydrogens is 581 g/mol. The SMILES string of the molecule is c1ccc(-c2ccccc2-c2ccc(-n3c4ccccc4c4ccc5c(c6ccc7ccccc7c6n5-c5ccccc5)c43)cc2)cc1. The van der Waals surface area contributed by atoms with E-state index in [9.17, 15) is 0 Å². The molecule has 0 atom stereocenters. The van der Waals surface area contributed by atoms with E-state index in [1.54, 1.807) is 0 Å². The van der Waals surface area contributed by atoms with Crippen LogP contribution in [0, 0.1) is 0 Å². The van der Waals surface area contributed by atoms with Gasteiger partial charge in [0.15, 0.2) is 0 Å². The summed E-state index contributed by atoms with van der Waals surface area (Å²) in [6.07, 6.45) is 0. The van der Waals surface area contributed by atoms with E-state index in [4.69, 9.17) is 0 Å². The zero-order valence-electron chi connectivity index (χ0n) is 26.2. The van der Waals surface area contributed by atoms with Gasteiger partial charge in [0.25, 0.3) is 0 Å². The Morgan fingerprint density at radius 2 is 0.854 bits per heavy atom. The van der Waals surface area contributed by atoms with Gasteiger partial charge in [0.1, 0.15) is 0 Å². The summed E-state index contributed by atoms with van der Waals surface area (Å²) >= 11 is 0. The molecule has 0 N–H and O–H groups in total. The molecule has 0 fully saturated rings. The fourth-order valence-corrected chi connectivity index (χ4v) is 7.82. The highest BCUT2D eigenvalue weighted by Crippen LogP contribution is 2.44. The molecule has 2 nitrogen and oxygen atoms in total. The van der Waals surface area contributed by atoms with Crippen molar-refractivity contribution in [3.8, 4) is 33.6 Å². The lowest BCUT2D eigenvalue weighted by Gasteiger charge is -2.13. The van der Waals surface area contributed by atoms with Gasteiger partial charge >= 0.3 is 0 Å². The number of fused-ring (bicyclic) bond motifs is 9. The lowest BCUT2D eigenvalue weighted by molar-refractivity contribution is 1.18. The molecule has 0 aliphatic carbocycles. The van der Waals surface area contributed by atoms with Gasteiger partial charge in [-0.05, 0) is 64.0 Å². The first-order chi connectivity index (χ1) is 23.8. The molecule has 10 rings (SSSR count). The summed E-state index contributed by atoms with van der Waals surface area (Å²) in [4.78, 5) is 0. The van der Waals surface area contributed by atoms with Crippen molar-refractivity contribution in [2.24, 2.45) is 0 Å². The molecule has 0 unspecified atom stereocenters. The fraction of sp³-hybridized carbons (Fsp3) is 0. The molecule has 10 aromatic rings. The first-order valence-corrected chi connectivity index (χ1v) is 16.5. The number of para-hydroxylation sites is 2. The Bertz CT molecular complexity index is 2800. The number of benzene rings is 8. The zero-order chi connectivity index (χ0) is 31.6. The van der Waals surface area contributed by atoms with Crippen molar-refractivity contribution in [2.45, 2.75) is 0 Å². The van der Waals surface area contributed by atoms with Crippen LogP contribution in [-0.4, -0.2) is 9.13 Å². The Balaban J connectivity index is 1.28. The van der Waals surface area contributed by atoms with Crippen molar-refractivity contribution in [3.05, 3.63) is 182 Å². The van der Waals surface area contributed by atoms with Gasteiger partial charge in [0, 0.05) is 38.3 Å². The predicted molar refractivity (Wildman–Crippen MR) is 203 cm³/mol. The third-order valence-corrected chi connectivity index (χ3v) is 9.91. The maximum atomic E-state index is 2.48. The van der Waals surface area contributed by atoms with Crippen LogP contribution < -0.4 is 0 Å². The molecular formula is C46H30N2. The Hall–Kier alpha value is -6.38. The highest BCUT2D eigenvalue weighted by molar-refractivity contribution is 6.29. The van der Waals surface area contributed by atoms with E-state index in [0.717, 1.165) is 11.4 Å². The van der Waals surface area contributed by atoms with Crippen LogP contribution in [0.5, 0.6) is 0 Å². The first-order valence-electron chi connectivity index (χ1n) is 16.5. The second kappa shape index (κ2) is 10.6. The molecule has 8 aromatic carbocycles. The Kier molecular flexibility index (Phi) is 5.91. The predicted octanol–water partition coefficient (Wildman–Crippen LogP) is 12.4. The highest BCUT2D eigenvalue weighted by atomic mass is 15.0. The van der Waals surface area contributed by atoms with Crippen molar-refractivity contribution in [3.63, 3.8) is 0 Å². The van der Waals surface area contributed by atoms with Crippen molar-refractivity contribution in [2.75, 3.05) is 0 Å². The van der Waals surface area contributed by atoms with E-state index in [2.05, 4.69) is 191 Å². The van der Waals surface area contributed by atoms with Crippen LogP contribution in [-0.2, 0) is 0 Å². The monoisotopic (exact) mass is 610 g/mol. The minimum atomic E-state index is 1.15. The Labute approximate surface area is 278 Å². The second-order valence-electron chi connectivity index (χ2n) is 12.5. The van der Waals surface area contributed by atoms with Gasteiger partial charge in [-0.15, -0.1) is 0 Å². The molecule has 48 heavy (non-hydrogen) atoms. The van der Waals surface area contributed by atoms with E-state index in [0.29, 0.717) is 0 Å². The van der Waals surface area contributed by atoms with Gasteiger partial charge in [-0.2, -0.15) is 0 Å². The molecule has 0 aliphatic heterocycles. The van der Waals surface area contributed by atoms with Crippen molar-refractivity contribution < 1.29 is 0 Å². The van der Waals surface area contributed by atoms with Gasteiger partial charge in [-0.3, -0.25) is 0 Å². The first kappa shape index (κ1) is 26.8. The van der Waals surface area contributed by atoms with E-state index in [1.165, 1.54) is 76.6 Å². The van der Waals surface area contributed by atoms with Gasteiger partial charge < -0.3 is 9.13 Å². The van der Waals surface area contributed by atoms with Gasteiger partial charge in [-0.1, -0.05) is 146 Å². The smallest absolute Gasteiger partial charge is 0.0641 e. The van der Waals surface area contributed by atoms with E-state index >= 15 is 0 Å². The number of rotatable bonds is 4. The summed E-state index contributed by atoms with van der Waals surface area (Å²) in [7, 11) is 0. The standard InChI is InChI=1S/C46H30N2/c1-3-13-31(14-4-1)36-18-9-10-19-37(36)33-23-26-35(27-24-33)47-42-22-12-11-21-39(42)40-29-30-43-44(46(40)47)41-28-25-32-15-7-8-20-38(32)45(41)48(43)34-16-5-2-6-17-34/h1-30H. The molecule has 224 valence electrons. The van der Waals surface area contributed by atoms with Crippen LogP contribution in [0.25, 0.3) is 88.0 Å². The molecule has 0 spiro atoms. The van der Waals surface area contributed by atoms with Gasteiger partial charge in [0.2, 0.25) is 0 Å². The average molecular weight is 611 g/mol. The lowest BCUT2D eigenvalue weighted by atomic mass is 9.94. The van der Waals surface area contributed by atoms with Crippen LogP contribution in [0.15, 0.2) is 182 Å². The van der Waals surface area contributed by atoms with Crippen molar-refractivity contribution >= 4 is 54.4 Å². The number of hydrogen-bond acceptors (Lipinski definition) is 0. The van der Waals surface area contributed by atoms with E-state index in [-0.39, 0.29) is 0 Å². The van der Waals surface area contributed by atoms with Gasteiger partial charge in [0.05, 0.1) is 22.1 Å². The quantitative estimate of drug-likeness (QED) is 0.188. The molecule has 0 bridgehead atoms. The van der Waals surface area contributed by atoms with Crippen molar-refractivity contribution in [1.29, 1.82) is 0 Å². The lowest BCUT2D eigenvalue weighted by Crippen LogP contribution is -1.95. The molecule has 0 aliphatic rings. The average Bonchev–Trinajstić information content (AvgIpc) is 3.69. The van der Waals surface area contributed by atoms with Crippen molar-refractivity contribution in [1.82, 2.24) is 9.13 Å². The zero-order valence-corrected chi connectivity index (χ0v) is 26.2. The van der Waals surface area contributed by atoms with Gasteiger partial charge in [-0.25, -0.2) is 0 Å². The molecule has 2 heterocycles. The topological polar surface area (TPSA) is 9.86 Å².